The number of aromatic nitrogens is 1. The van der Waals surface area contributed by atoms with E-state index in [9.17, 15) is 40.3 Å². The van der Waals surface area contributed by atoms with Crippen molar-refractivity contribution in [3.63, 3.8) is 0 Å². The number of hydrogen-bond donors (Lipinski definition) is 2. The highest BCUT2D eigenvalue weighted by Gasteiger charge is 2.37. The first kappa shape index (κ1) is 26.2. The molecule has 3 aromatic rings. The number of imide groups is 1. The predicted molar refractivity (Wildman–Crippen MR) is 110 cm³/mol. The number of hydrogen-bond acceptors (Lipinski definition) is 5. The van der Waals surface area contributed by atoms with Crippen LogP contribution in [0.25, 0.3) is 0 Å². The zero-order valence-corrected chi connectivity index (χ0v) is 17.9. The number of nitrogens with one attached hydrogen (secondary N) is 2. The van der Waals surface area contributed by atoms with Crippen LogP contribution in [0.5, 0.6) is 17.4 Å². The fourth-order valence-electron chi connectivity index (χ4n) is 2.84. The van der Waals surface area contributed by atoms with Gasteiger partial charge in [-0.2, -0.15) is 26.3 Å². The maximum absolute atomic E-state index is 13.9. The number of benzene rings is 2. The molecule has 3 amide bonds. The van der Waals surface area contributed by atoms with Gasteiger partial charge >= 0.3 is 18.4 Å². The van der Waals surface area contributed by atoms with Gasteiger partial charge in [0, 0.05) is 6.07 Å². The number of carbonyl (C=O) groups is 2. The van der Waals surface area contributed by atoms with Gasteiger partial charge in [0.05, 0.1) is 30.1 Å². The molecule has 0 spiro atoms. The second-order valence-electron chi connectivity index (χ2n) is 6.95. The first-order chi connectivity index (χ1) is 16.8. The van der Waals surface area contributed by atoms with Gasteiger partial charge in [-0.1, -0.05) is 6.07 Å². The largest absolute Gasteiger partial charge is 0.496 e. The zero-order chi connectivity index (χ0) is 26.7. The highest BCUT2D eigenvalue weighted by Crippen LogP contribution is 2.39. The average Bonchev–Trinajstić information content (AvgIpc) is 2.78. The Bertz CT molecular complexity index is 1240. The Labute approximate surface area is 197 Å². The molecule has 2 aromatic carbocycles. The smallest absolute Gasteiger partial charge is 0.416 e. The number of amides is 3. The summed E-state index contributed by atoms with van der Waals surface area (Å²) in [6.45, 7) is 0. The molecule has 14 heteroatoms. The molecule has 36 heavy (non-hydrogen) atoms. The summed E-state index contributed by atoms with van der Waals surface area (Å²) >= 11 is 0. The molecule has 0 unspecified atom stereocenters. The summed E-state index contributed by atoms with van der Waals surface area (Å²) in [5, 5.41) is 4.07. The molecule has 0 radical (unpaired) electrons. The number of methoxy groups -OCH3 is 1. The standard InChI is InChI=1S/C22H14F7N3O4/c1-35-16-4-2-3-15(23)18(16)19(33)32-20(34)31-13-5-6-17(30-10-13)36-14-8-11(21(24,25)26)7-12(9-14)22(27,28)29/h2-10H,1H3,(H2,31,32,33,34). The Morgan fingerprint density at radius 2 is 1.56 bits per heavy atom. The van der Waals surface area contributed by atoms with Gasteiger partial charge in [-0.15, -0.1) is 0 Å². The maximum atomic E-state index is 13.9. The van der Waals surface area contributed by atoms with Crippen LogP contribution in [-0.4, -0.2) is 24.0 Å². The van der Waals surface area contributed by atoms with Gasteiger partial charge in [0.1, 0.15) is 22.9 Å². The number of nitrogens with zero attached hydrogens (tertiary/aromatic N) is 1. The minimum Gasteiger partial charge on any atom is -0.496 e. The van der Waals surface area contributed by atoms with Gasteiger partial charge in [0.2, 0.25) is 5.88 Å². The van der Waals surface area contributed by atoms with E-state index >= 15 is 0 Å². The molecule has 2 N–H and O–H groups in total. The van der Waals surface area contributed by atoms with E-state index in [0.29, 0.717) is 12.1 Å². The predicted octanol–water partition coefficient (Wildman–Crippen LogP) is 6.02. The van der Waals surface area contributed by atoms with Crippen molar-refractivity contribution < 1.29 is 49.8 Å². The van der Waals surface area contributed by atoms with Crippen LogP contribution in [0.4, 0.5) is 41.2 Å². The number of halogens is 7. The molecule has 0 aliphatic heterocycles. The number of rotatable bonds is 5. The van der Waals surface area contributed by atoms with Crippen molar-refractivity contribution in [3.8, 4) is 17.4 Å². The Hall–Kier alpha value is -4.36. The van der Waals surface area contributed by atoms with Crippen molar-refractivity contribution in [3.05, 3.63) is 77.2 Å². The third-order valence-electron chi connectivity index (χ3n) is 4.43. The Balaban J connectivity index is 1.71. The lowest BCUT2D eigenvalue weighted by Crippen LogP contribution is -2.35. The molecular weight excluding hydrogens is 503 g/mol. The number of carbonyl (C=O) groups excluding carboxylic acids is 2. The van der Waals surface area contributed by atoms with E-state index in [-0.39, 0.29) is 23.4 Å². The van der Waals surface area contributed by atoms with Crippen molar-refractivity contribution >= 4 is 17.6 Å². The fourth-order valence-corrected chi connectivity index (χ4v) is 2.84. The summed E-state index contributed by atoms with van der Waals surface area (Å²) in [6, 6.07) is 5.39. The minimum absolute atomic E-state index is 0.0341. The summed E-state index contributed by atoms with van der Waals surface area (Å²) < 4.78 is 102. The van der Waals surface area contributed by atoms with Gasteiger partial charge in [-0.05, 0) is 36.4 Å². The quantitative estimate of drug-likeness (QED) is 0.404. The van der Waals surface area contributed by atoms with E-state index < -0.39 is 52.5 Å². The number of anilines is 1. The lowest BCUT2D eigenvalue weighted by atomic mass is 10.1. The third-order valence-corrected chi connectivity index (χ3v) is 4.43. The first-order valence-corrected chi connectivity index (χ1v) is 9.66. The topological polar surface area (TPSA) is 89.5 Å². The minimum atomic E-state index is -5.06. The van der Waals surface area contributed by atoms with E-state index in [0.717, 1.165) is 24.4 Å². The third kappa shape index (κ3) is 6.40. The average molecular weight is 517 g/mol. The molecule has 0 aliphatic carbocycles. The van der Waals surface area contributed by atoms with E-state index in [1.165, 1.54) is 19.2 Å². The van der Waals surface area contributed by atoms with Crippen LogP contribution >= 0.6 is 0 Å². The van der Waals surface area contributed by atoms with Gasteiger partial charge in [-0.3, -0.25) is 10.1 Å². The molecule has 0 saturated heterocycles. The Morgan fingerprint density at radius 3 is 2.08 bits per heavy atom. The van der Waals surface area contributed by atoms with Crippen molar-refractivity contribution in [2.75, 3.05) is 12.4 Å². The highest BCUT2D eigenvalue weighted by atomic mass is 19.4. The molecule has 1 heterocycles. The van der Waals surface area contributed by atoms with Gasteiger partial charge in [-0.25, -0.2) is 14.2 Å². The van der Waals surface area contributed by atoms with Gasteiger partial charge < -0.3 is 14.8 Å². The van der Waals surface area contributed by atoms with Crippen molar-refractivity contribution in [1.29, 1.82) is 0 Å². The monoisotopic (exact) mass is 517 g/mol. The molecule has 7 nitrogen and oxygen atoms in total. The highest BCUT2D eigenvalue weighted by molar-refractivity contribution is 6.09. The van der Waals surface area contributed by atoms with Crippen LogP contribution in [0.3, 0.4) is 0 Å². The second kappa shape index (κ2) is 10.1. The summed E-state index contributed by atoms with van der Waals surface area (Å²) in [5.74, 6) is -3.33. The molecule has 0 fully saturated rings. The Morgan fingerprint density at radius 1 is 0.917 bits per heavy atom. The summed E-state index contributed by atoms with van der Waals surface area (Å²) in [7, 11) is 1.20. The molecule has 0 bridgehead atoms. The van der Waals surface area contributed by atoms with Crippen LogP contribution in [0, 0.1) is 5.82 Å². The van der Waals surface area contributed by atoms with Crippen molar-refractivity contribution in [1.82, 2.24) is 10.3 Å². The van der Waals surface area contributed by atoms with Crippen molar-refractivity contribution in [2.45, 2.75) is 12.4 Å². The normalized spacial score (nSPS) is 11.6. The van der Waals surface area contributed by atoms with E-state index in [1.54, 1.807) is 0 Å². The number of pyridine rings is 1. The van der Waals surface area contributed by atoms with Gasteiger partial charge in [0.15, 0.2) is 0 Å². The van der Waals surface area contributed by atoms with Gasteiger partial charge in [0.25, 0.3) is 5.91 Å². The number of ether oxygens (including phenoxy) is 2. The van der Waals surface area contributed by atoms with Crippen LogP contribution < -0.4 is 20.1 Å². The first-order valence-electron chi connectivity index (χ1n) is 9.66. The lowest BCUT2D eigenvalue weighted by Gasteiger charge is -2.14. The van der Waals surface area contributed by atoms with Crippen molar-refractivity contribution in [2.24, 2.45) is 0 Å². The SMILES string of the molecule is COc1cccc(F)c1C(=O)NC(=O)Nc1ccc(Oc2cc(C(F)(F)F)cc(C(F)(F)F)c2)nc1. The Kier molecular flexibility index (Phi) is 7.36. The van der Waals surface area contributed by atoms with E-state index in [1.807, 2.05) is 5.32 Å². The molecule has 0 atom stereocenters. The van der Waals surface area contributed by atoms with Crippen LogP contribution in [0.15, 0.2) is 54.7 Å². The van der Waals surface area contributed by atoms with Crippen LogP contribution in [-0.2, 0) is 12.4 Å². The maximum Gasteiger partial charge on any atom is 0.416 e. The van der Waals surface area contributed by atoms with E-state index in [2.05, 4.69) is 10.3 Å². The number of alkyl halides is 6. The summed E-state index contributed by atoms with van der Waals surface area (Å²) in [5.41, 5.74) is -3.69. The molecule has 3 rings (SSSR count). The zero-order valence-electron chi connectivity index (χ0n) is 17.9. The molecule has 0 saturated carbocycles. The van der Waals surface area contributed by atoms with E-state index in [4.69, 9.17) is 9.47 Å². The molecular formula is C22H14F7N3O4. The van der Waals surface area contributed by atoms with Crippen LogP contribution in [0.2, 0.25) is 0 Å². The van der Waals surface area contributed by atoms with Crippen LogP contribution in [0.1, 0.15) is 21.5 Å². The lowest BCUT2D eigenvalue weighted by molar-refractivity contribution is -0.143. The second-order valence-corrected chi connectivity index (χ2v) is 6.95. The molecule has 1 aromatic heterocycles. The number of urea groups is 1. The summed E-state index contributed by atoms with van der Waals surface area (Å²) in [6.07, 6.45) is -9.16. The summed E-state index contributed by atoms with van der Waals surface area (Å²) in [4.78, 5) is 28.0. The molecule has 190 valence electrons. The molecule has 0 aliphatic rings. The fraction of sp³-hybridized carbons (Fsp3) is 0.136.